The van der Waals surface area contributed by atoms with E-state index in [4.69, 9.17) is 10.5 Å². The van der Waals surface area contributed by atoms with Crippen molar-refractivity contribution in [3.63, 3.8) is 0 Å². The monoisotopic (exact) mass is 160 g/mol. The lowest BCUT2D eigenvalue weighted by Crippen LogP contribution is -2.16. The van der Waals surface area contributed by atoms with Gasteiger partial charge in [-0.05, 0) is 32.0 Å². The first-order chi connectivity index (χ1) is 5.35. The van der Waals surface area contributed by atoms with E-state index in [9.17, 15) is 0 Å². The van der Waals surface area contributed by atoms with Crippen LogP contribution in [0.5, 0.6) is 0 Å². The van der Waals surface area contributed by atoms with Gasteiger partial charge in [-0.3, -0.25) is 4.79 Å². The lowest BCUT2D eigenvalue weighted by Gasteiger charge is -1.98. The first kappa shape index (κ1) is 10.4. The van der Waals surface area contributed by atoms with Crippen LogP contribution in [0.3, 0.4) is 0 Å². The number of hydrogen-bond donors (Lipinski definition) is 2. The second-order valence-corrected chi connectivity index (χ2v) is 2.43. The third kappa shape index (κ3) is 5.82. The number of carbonyl (C=O) groups excluding carboxylic acids is 1. The quantitative estimate of drug-likeness (QED) is 0.527. The summed E-state index contributed by atoms with van der Waals surface area (Å²) in [6.45, 7) is 3.53. The topological polar surface area (TPSA) is 64.3 Å². The molecule has 1 atom stereocenters. The molecule has 11 heavy (non-hydrogen) atoms. The Balaban J connectivity index is 0.000000218. The van der Waals surface area contributed by atoms with E-state index in [1.807, 2.05) is 0 Å². The van der Waals surface area contributed by atoms with Crippen LogP contribution in [0.25, 0.3) is 0 Å². The highest BCUT2D eigenvalue weighted by atomic mass is 16.5. The Labute approximate surface area is 67.1 Å². The van der Waals surface area contributed by atoms with Crippen molar-refractivity contribution < 1.29 is 9.53 Å². The molecule has 0 aromatic carbocycles. The minimum Gasteiger partial charge on any atom is -0.471 e. The third-order valence-electron chi connectivity index (χ3n) is 1.59. The predicted octanol–water partition coefficient (Wildman–Crippen LogP) is -0.656. The molecule has 0 aromatic rings. The minimum absolute atomic E-state index is 0.375. The smallest absolute Gasteiger partial charge is 0.292 e. The van der Waals surface area contributed by atoms with Gasteiger partial charge in [0.25, 0.3) is 6.47 Å². The summed E-state index contributed by atoms with van der Waals surface area (Å²) in [6, 6.07) is 0. The molecule has 66 valence electrons. The SMILES string of the molecule is COC=O.NC[C@@H]1CCNC1. The van der Waals surface area contributed by atoms with Gasteiger partial charge < -0.3 is 15.8 Å². The molecule has 0 aromatic heterocycles. The van der Waals surface area contributed by atoms with Crippen LogP contribution in [0, 0.1) is 5.92 Å². The number of nitrogens with two attached hydrogens (primary N) is 1. The molecule has 1 saturated heterocycles. The molecule has 4 heteroatoms. The normalized spacial score (nSPS) is 21.8. The fraction of sp³-hybridized carbons (Fsp3) is 0.857. The number of methoxy groups -OCH3 is 1. The molecular formula is C7H16N2O2. The van der Waals surface area contributed by atoms with E-state index in [2.05, 4.69) is 10.1 Å². The summed E-state index contributed by atoms with van der Waals surface area (Å²) >= 11 is 0. The summed E-state index contributed by atoms with van der Waals surface area (Å²) in [7, 11) is 1.31. The summed E-state index contributed by atoms with van der Waals surface area (Å²) in [4.78, 5) is 8.95. The molecule has 0 radical (unpaired) electrons. The zero-order chi connectivity index (χ0) is 8.53. The Morgan fingerprint density at radius 2 is 2.45 bits per heavy atom. The van der Waals surface area contributed by atoms with Gasteiger partial charge in [-0.15, -0.1) is 0 Å². The molecule has 0 unspecified atom stereocenters. The Hall–Kier alpha value is -0.610. The lowest BCUT2D eigenvalue weighted by molar-refractivity contribution is -0.126. The van der Waals surface area contributed by atoms with Crippen molar-refractivity contribution >= 4 is 6.47 Å². The molecule has 0 amide bonds. The van der Waals surface area contributed by atoms with Crippen LogP contribution in [0.1, 0.15) is 6.42 Å². The van der Waals surface area contributed by atoms with Crippen molar-refractivity contribution in [2.75, 3.05) is 26.7 Å². The fourth-order valence-corrected chi connectivity index (χ4v) is 0.916. The maximum atomic E-state index is 8.95. The average molecular weight is 160 g/mol. The highest BCUT2D eigenvalue weighted by molar-refractivity contribution is 5.36. The maximum Gasteiger partial charge on any atom is 0.292 e. The van der Waals surface area contributed by atoms with E-state index in [1.54, 1.807) is 0 Å². The Morgan fingerprint density at radius 1 is 1.82 bits per heavy atom. The average Bonchev–Trinajstić information content (AvgIpc) is 2.56. The summed E-state index contributed by atoms with van der Waals surface area (Å²) in [5, 5.41) is 3.24. The van der Waals surface area contributed by atoms with E-state index in [0.29, 0.717) is 6.47 Å². The van der Waals surface area contributed by atoms with E-state index in [1.165, 1.54) is 20.1 Å². The first-order valence-electron chi connectivity index (χ1n) is 3.72. The molecule has 0 aliphatic carbocycles. The number of hydrogen-bond acceptors (Lipinski definition) is 4. The van der Waals surface area contributed by atoms with Gasteiger partial charge in [-0.1, -0.05) is 0 Å². The van der Waals surface area contributed by atoms with Crippen molar-refractivity contribution in [2.45, 2.75) is 6.42 Å². The molecule has 1 aliphatic heterocycles. The molecule has 0 spiro atoms. The van der Waals surface area contributed by atoms with Gasteiger partial charge in [0.15, 0.2) is 0 Å². The van der Waals surface area contributed by atoms with Crippen molar-refractivity contribution in [3.05, 3.63) is 0 Å². The van der Waals surface area contributed by atoms with Gasteiger partial charge in [0.1, 0.15) is 0 Å². The van der Waals surface area contributed by atoms with Crippen LogP contribution in [-0.4, -0.2) is 33.2 Å². The van der Waals surface area contributed by atoms with Crippen LogP contribution in [0.15, 0.2) is 0 Å². The minimum atomic E-state index is 0.375. The van der Waals surface area contributed by atoms with Crippen LogP contribution in [-0.2, 0) is 9.53 Å². The van der Waals surface area contributed by atoms with Crippen LogP contribution < -0.4 is 11.1 Å². The first-order valence-corrected chi connectivity index (χ1v) is 3.72. The standard InChI is InChI=1S/C5H12N2.C2H4O2/c6-3-5-1-2-7-4-5;1-4-2-3/h5,7H,1-4,6H2;2H,1H3/t5-;/m0./s1. The molecule has 0 saturated carbocycles. The molecule has 3 N–H and O–H groups in total. The zero-order valence-corrected chi connectivity index (χ0v) is 6.88. The highest BCUT2D eigenvalue weighted by Gasteiger charge is 2.10. The molecule has 0 bridgehead atoms. The van der Waals surface area contributed by atoms with Crippen LogP contribution >= 0.6 is 0 Å². The number of carbonyl (C=O) groups is 1. The fourth-order valence-electron chi connectivity index (χ4n) is 0.916. The van der Waals surface area contributed by atoms with Gasteiger partial charge in [-0.25, -0.2) is 0 Å². The summed E-state index contributed by atoms with van der Waals surface area (Å²) < 4.78 is 3.86. The van der Waals surface area contributed by atoms with Crippen LogP contribution in [0.4, 0.5) is 0 Å². The highest BCUT2D eigenvalue weighted by Crippen LogP contribution is 2.02. The van der Waals surface area contributed by atoms with E-state index >= 15 is 0 Å². The van der Waals surface area contributed by atoms with Gasteiger partial charge in [0.05, 0.1) is 7.11 Å². The third-order valence-corrected chi connectivity index (χ3v) is 1.59. The molecule has 1 rings (SSSR count). The van der Waals surface area contributed by atoms with E-state index in [-0.39, 0.29) is 0 Å². The lowest BCUT2D eigenvalue weighted by atomic mass is 10.1. The van der Waals surface area contributed by atoms with Gasteiger partial charge >= 0.3 is 0 Å². The largest absolute Gasteiger partial charge is 0.471 e. The second-order valence-electron chi connectivity index (χ2n) is 2.43. The van der Waals surface area contributed by atoms with E-state index < -0.39 is 0 Å². The number of nitrogens with one attached hydrogen (secondary N) is 1. The Kier molecular flexibility index (Phi) is 7.08. The molecule has 4 nitrogen and oxygen atoms in total. The second kappa shape index (κ2) is 7.50. The van der Waals surface area contributed by atoms with Gasteiger partial charge in [0, 0.05) is 0 Å². The predicted molar refractivity (Wildman–Crippen MR) is 43.1 cm³/mol. The van der Waals surface area contributed by atoms with Crippen molar-refractivity contribution in [1.82, 2.24) is 5.32 Å². The summed E-state index contributed by atoms with van der Waals surface area (Å²) in [6.07, 6.45) is 1.27. The Morgan fingerprint density at radius 3 is 2.64 bits per heavy atom. The Bertz CT molecular complexity index is 92.4. The van der Waals surface area contributed by atoms with Crippen molar-refractivity contribution in [1.29, 1.82) is 0 Å². The maximum absolute atomic E-state index is 8.95. The van der Waals surface area contributed by atoms with Crippen LogP contribution in [0.2, 0.25) is 0 Å². The van der Waals surface area contributed by atoms with Crippen molar-refractivity contribution in [2.24, 2.45) is 11.7 Å². The van der Waals surface area contributed by atoms with Crippen molar-refractivity contribution in [3.8, 4) is 0 Å². The summed E-state index contributed by atoms with van der Waals surface area (Å²) in [5.74, 6) is 0.764. The van der Waals surface area contributed by atoms with Gasteiger partial charge in [-0.2, -0.15) is 0 Å². The zero-order valence-electron chi connectivity index (χ0n) is 6.88. The molecule has 1 aliphatic rings. The molecule has 1 heterocycles. The molecular weight excluding hydrogens is 144 g/mol. The van der Waals surface area contributed by atoms with Gasteiger partial charge in [0.2, 0.25) is 0 Å². The summed E-state index contributed by atoms with van der Waals surface area (Å²) in [5.41, 5.74) is 5.39. The number of rotatable bonds is 2. The van der Waals surface area contributed by atoms with E-state index in [0.717, 1.165) is 19.0 Å². The number of ether oxygens (including phenoxy) is 1. The molecule has 1 fully saturated rings.